The van der Waals surface area contributed by atoms with Gasteiger partial charge in [-0.05, 0) is 59.6 Å². The van der Waals surface area contributed by atoms with Crippen LogP contribution in [0.15, 0.2) is 95.9 Å². The monoisotopic (exact) mass is 534 g/mol. The highest BCUT2D eigenvalue weighted by molar-refractivity contribution is 5.98. The van der Waals surface area contributed by atoms with Crippen molar-refractivity contribution in [2.24, 2.45) is 5.73 Å². The molecule has 4 N–H and O–H groups in total. The van der Waals surface area contributed by atoms with Crippen LogP contribution in [0.1, 0.15) is 18.9 Å². The Morgan fingerprint density at radius 1 is 1.00 bits per heavy atom. The van der Waals surface area contributed by atoms with Crippen LogP contribution >= 0.6 is 0 Å². The van der Waals surface area contributed by atoms with Gasteiger partial charge in [-0.15, -0.1) is 0 Å². The predicted octanol–water partition coefficient (Wildman–Crippen LogP) is 5.72. The SMILES string of the molecule is CC(=O)O.NCCCn1cc(-c2nc3cc4ccccc4cc3[nH]c2=O)c2cc(OCc3ccccc3)ccc21. The molecule has 0 aliphatic carbocycles. The van der Waals surface area contributed by atoms with Gasteiger partial charge in [-0.25, -0.2) is 4.98 Å². The quantitative estimate of drug-likeness (QED) is 0.225. The van der Waals surface area contributed by atoms with Gasteiger partial charge in [-0.1, -0.05) is 54.6 Å². The molecule has 0 atom stereocenters. The average Bonchev–Trinajstić information content (AvgIpc) is 3.31. The third-order valence-corrected chi connectivity index (χ3v) is 6.52. The van der Waals surface area contributed by atoms with Crippen LogP contribution in [-0.2, 0) is 17.9 Å². The van der Waals surface area contributed by atoms with Crippen LogP contribution in [0.5, 0.6) is 5.75 Å². The van der Waals surface area contributed by atoms with Crippen molar-refractivity contribution in [1.29, 1.82) is 0 Å². The minimum absolute atomic E-state index is 0.216. The zero-order valence-corrected chi connectivity index (χ0v) is 22.1. The highest BCUT2D eigenvalue weighted by Gasteiger charge is 2.17. The number of rotatable bonds is 7. The molecule has 6 rings (SSSR count). The Labute approximate surface area is 230 Å². The van der Waals surface area contributed by atoms with Crippen molar-refractivity contribution in [3.05, 3.63) is 107 Å². The molecular formula is C32H30N4O4. The van der Waals surface area contributed by atoms with E-state index in [0.717, 1.165) is 69.5 Å². The van der Waals surface area contributed by atoms with Crippen LogP contribution in [0.3, 0.4) is 0 Å². The predicted molar refractivity (Wildman–Crippen MR) is 159 cm³/mol. The van der Waals surface area contributed by atoms with Crippen molar-refractivity contribution in [3.8, 4) is 17.0 Å². The van der Waals surface area contributed by atoms with E-state index >= 15 is 0 Å². The second-order valence-corrected chi connectivity index (χ2v) is 9.48. The molecule has 6 aromatic rings. The molecule has 0 spiro atoms. The standard InChI is InChI=1S/C30H26N4O2.C2H4O2/c31-13-6-14-34-18-25(24-17-23(11-12-28(24)34)36-19-20-7-2-1-3-8-20)29-30(35)33-27-16-22-10-5-4-9-21(22)15-26(27)32-29;1-2(3)4/h1-5,7-12,15-18H,6,13-14,19,31H2,(H,33,35);1H3,(H,3,4). The maximum atomic E-state index is 13.3. The van der Waals surface area contributed by atoms with Gasteiger partial charge in [0.25, 0.3) is 11.5 Å². The zero-order chi connectivity index (χ0) is 28.1. The number of carbonyl (C=O) groups is 1. The number of fused-ring (bicyclic) bond motifs is 3. The van der Waals surface area contributed by atoms with E-state index in [2.05, 4.69) is 15.6 Å². The van der Waals surface area contributed by atoms with Crippen LogP contribution < -0.4 is 16.0 Å². The first-order valence-corrected chi connectivity index (χ1v) is 13.1. The Morgan fingerprint density at radius 2 is 1.70 bits per heavy atom. The molecule has 0 amide bonds. The molecular weight excluding hydrogens is 504 g/mol. The molecule has 0 unspecified atom stereocenters. The molecule has 2 heterocycles. The van der Waals surface area contributed by atoms with Gasteiger partial charge in [0.2, 0.25) is 0 Å². The molecule has 202 valence electrons. The van der Waals surface area contributed by atoms with Gasteiger partial charge in [0.05, 0.1) is 11.0 Å². The Kier molecular flexibility index (Phi) is 7.89. The fourth-order valence-corrected chi connectivity index (χ4v) is 4.70. The van der Waals surface area contributed by atoms with E-state index in [-0.39, 0.29) is 5.56 Å². The number of nitrogens with zero attached hydrogens (tertiary/aromatic N) is 2. The van der Waals surface area contributed by atoms with Crippen molar-refractivity contribution in [2.45, 2.75) is 26.5 Å². The number of carboxylic acids is 1. The number of aromatic amines is 1. The number of aryl methyl sites for hydroxylation is 1. The first kappa shape index (κ1) is 26.6. The fourth-order valence-electron chi connectivity index (χ4n) is 4.70. The molecule has 40 heavy (non-hydrogen) atoms. The number of nitrogens with one attached hydrogen (secondary N) is 1. The van der Waals surface area contributed by atoms with E-state index in [1.165, 1.54) is 0 Å². The van der Waals surface area contributed by atoms with Crippen molar-refractivity contribution in [1.82, 2.24) is 14.5 Å². The van der Waals surface area contributed by atoms with E-state index in [0.29, 0.717) is 18.8 Å². The third kappa shape index (κ3) is 5.87. The molecule has 2 aromatic heterocycles. The minimum Gasteiger partial charge on any atom is -0.489 e. The van der Waals surface area contributed by atoms with Gasteiger partial charge in [-0.2, -0.15) is 0 Å². The largest absolute Gasteiger partial charge is 0.489 e. The molecule has 0 saturated heterocycles. The zero-order valence-electron chi connectivity index (χ0n) is 22.1. The lowest BCUT2D eigenvalue weighted by atomic mass is 10.1. The number of carboxylic acid groups (broad SMARTS) is 1. The molecule has 8 heteroatoms. The molecule has 0 saturated carbocycles. The summed E-state index contributed by atoms with van der Waals surface area (Å²) in [4.78, 5) is 30.1. The van der Waals surface area contributed by atoms with Crippen molar-refractivity contribution >= 4 is 38.7 Å². The summed E-state index contributed by atoms with van der Waals surface area (Å²) in [5, 5.41) is 10.5. The maximum absolute atomic E-state index is 13.3. The van der Waals surface area contributed by atoms with E-state index < -0.39 is 5.97 Å². The summed E-state index contributed by atoms with van der Waals surface area (Å²) in [5.41, 5.74) is 10.3. The van der Waals surface area contributed by atoms with Gasteiger partial charge >= 0.3 is 0 Å². The molecule has 4 aromatic carbocycles. The van der Waals surface area contributed by atoms with E-state index in [1.807, 2.05) is 85.1 Å². The maximum Gasteiger partial charge on any atom is 0.300 e. The number of H-pyrrole nitrogens is 1. The van der Waals surface area contributed by atoms with Crippen LogP contribution in [0, 0.1) is 0 Å². The Hall–Kier alpha value is -4.95. The van der Waals surface area contributed by atoms with E-state index in [4.69, 9.17) is 25.4 Å². The normalized spacial score (nSPS) is 10.9. The van der Waals surface area contributed by atoms with Crippen LogP contribution in [0.4, 0.5) is 0 Å². The number of aromatic nitrogens is 3. The minimum atomic E-state index is -0.833. The number of hydrogen-bond acceptors (Lipinski definition) is 5. The number of nitrogens with two attached hydrogens (primary N) is 1. The van der Waals surface area contributed by atoms with Gasteiger partial charge in [-0.3, -0.25) is 9.59 Å². The molecule has 0 aliphatic heterocycles. The Morgan fingerprint density at radius 3 is 2.42 bits per heavy atom. The van der Waals surface area contributed by atoms with Crippen LogP contribution in [0.25, 0.3) is 44.0 Å². The number of hydrogen-bond donors (Lipinski definition) is 3. The highest BCUT2D eigenvalue weighted by Crippen LogP contribution is 2.32. The average molecular weight is 535 g/mol. The van der Waals surface area contributed by atoms with Crippen molar-refractivity contribution < 1.29 is 14.6 Å². The first-order valence-electron chi connectivity index (χ1n) is 13.1. The molecule has 0 radical (unpaired) electrons. The fraction of sp³-hybridized carbons (Fsp3) is 0.156. The lowest BCUT2D eigenvalue weighted by Gasteiger charge is -2.08. The second kappa shape index (κ2) is 11.8. The van der Waals surface area contributed by atoms with Crippen LogP contribution in [-0.4, -0.2) is 32.2 Å². The van der Waals surface area contributed by atoms with E-state index in [1.54, 1.807) is 0 Å². The smallest absolute Gasteiger partial charge is 0.300 e. The van der Waals surface area contributed by atoms with Crippen LogP contribution in [0.2, 0.25) is 0 Å². The van der Waals surface area contributed by atoms with Crippen molar-refractivity contribution in [3.63, 3.8) is 0 Å². The first-order chi connectivity index (χ1) is 19.4. The summed E-state index contributed by atoms with van der Waals surface area (Å²) < 4.78 is 8.24. The lowest BCUT2D eigenvalue weighted by Crippen LogP contribution is -2.11. The molecule has 0 fully saturated rings. The van der Waals surface area contributed by atoms with Gasteiger partial charge in [0, 0.05) is 36.1 Å². The van der Waals surface area contributed by atoms with Gasteiger partial charge < -0.3 is 25.1 Å². The molecule has 0 bridgehead atoms. The number of benzene rings is 4. The summed E-state index contributed by atoms with van der Waals surface area (Å²) >= 11 is 0. The highest BCUT2D eigenvalue weighted by atomic mass is 16.5. The Bertz CT molecular complexity index is 1850. The van der Waals surface area contributed by atoms with Gasteiger partial charge in [0.1, 0.15) is 18.1 Å². The summed E-state index contributed by atoms with van der Waals surface area (Å²) in [5.74, 6) is -0.0904. The Balaban J connectivity index is 0.000000758. The summed E-state index contributed by atoms with van der Waals surface area (Å²) in [7, 11) is 0. The summed E-state index contributed by atoms with van der Waals surface area (Å²) in [6.45, 7) is 2.90. The summed E-state index contributed by atoms with van der Waals surface area (Å²) in [6, 6.07) is 28.1. The van der Waals surface area contributed by atoms with Gasteiger partial charge in [0.15, 0.2) is 0 Å². The lowest BCUT2D eigenvalue weighted by molar-refractivity contribution is -0.134. The van der Waals surface area contributed by atoms with E-state index in [9.17, 15) is 4.79 Å². The molecule has 8 nitrogen and oxygen atoms in total. The van der Waals surface area contributed by atoms with Crippen molar-refractivity contribution in [2.75, 3.05) is 6.54 Å². The number of ether oxygens (including phenoxy) is 1. The molecule has 0 aliphatic rings. The third-order valence-electron chi connectivity index (χ3n) is 6.52. The topological polar surface area (TPSA) is 123 Å². The summed E-state index contributed by atoms with van der Waals surface area (Å²) in [6.07, 6.45) is 2.84. The number of aliphatic carboxylic acids is 1. The second-order valence-electron chi connectivity index (χ2n) is 9.48.